The molecule has 15 heavy (non-hydrogen) atoms. The Morgan fingerprint density at radius 1 is 1.60 bits per heavy atom. The Morgan fingerprint density at radius 2 is 2.27 bits per heavy atom. The maximum atomic E-state index is 10.6. The summed E-state index contributed by atoms with van der Waals surface area (Å²) >= 11 is 0. The number of hydrogen-bond donors (Lipinski definition) is 2. The molecule has 0 spiro atoms. The van der Waals surface area contributed by atoms with Crippen LogP contribution in [0.1, 0.15) is 5.56 Å². The first-order valence-corrected chi connectivity index (χ1v) is 4.21. The van der Waals surface area contributed by atoms with E-state index in [0.717, 1.165) is 0 Å². The van der Waals surface area contributed by atoms with E-state index < -0.39 is 10.9 Å². The van der Waals surface area contributed by atoms with Crippen LogP contribution in [0.3, 0.4) is 0 Å². The van der Waals surface area contributed by atoms with Crippen LogP contribution in [0.2, 0.25) is 0 Å². The van der Waals surface area contributed by atoms with E-state index in [0.29, 0.717) is 11.3 Å². The van der Waals surface area contributed by atoms with Crippen molar-refractivity contribution in [2.75, 3.05) is 12.4 Å². The van der Waals surface area contributed by atoms with Crippen LogP contribution in [0.5, 0.6) is 0 Å². The number of nitrogens with zero attached hydrogens (tertiary/aromatic N) is 1. The molecule has 6 heteroatoms. The lowest BCUT2D eigenvalue weighted by atomic mass is 10.1. The SMILES string of the molecule is CNc1cc(CC(=O)O)ccc1[N+](=O)[O-]. The Balaban J connectivity index is 3.07. The Labute approximate surface area is 85.7 Å². The minimum atomic E-state index is -0.967. The fourth-order valence-electron chi connectivity index (χ4n) is 1.23. The molecule has 0 radical (unpaired) electrons. The number of nitro benzene ring substituents is 1. The molecule has 2 N–H and O–H groups in total. The van der Waals surface area contributed by atoms with Crippen LogP contribution in [0, 0.1) is 10.1 Å². The highest BCUT2D eigenvalue weighted by molar-refractivity contribution is 5.72. The Hall–Kier alpha value is -2.11. The van der Waals surface area contributed by atoms with Crippen molar-refractivity contribution in [3.05, 3.63) is 33.9 Å². The van der Waals surface area contributed by atoms with E-state index in [-0.39, 0.29) is 12.1 Å². The van der Waals surface area contributed by atoms with Gasteiger partial charge in [-0.1, -0.05) is 6.07 Å². The third kappa shape index (κ3) is 2.67. The van der Waals surface area contributed by atoms with Crippen molar-refractivity contribution in [2.45, 2.75) is 6.42 Å². The summed E-state index contributed by atoms with van der Waals surface area (Å²) in [6, 6.07) is 4.20. The van der Waals surface area contributed by atoms with Crippen molar-refractivity contribution in [2.24, 2.45) is 0 Å². The number of nitro groups is 1. The van der Waals surface area contributed by atoms with E-state index in [1.807, 2.05) is 0 Å². The second kappa shape index (κ2) is 4.41. The summed E-state index contributed by atoms with van der Waals surface area (Å²) < 4.78 is 0. The van der Waals surface area contributed by atoms with Crippen LogP contribution in [0.25, 0.3) is 0 Å². The summed E-state index contributed by atoms with van der Waals surface area (Å²) in [7, 11) is 1.55. The standard InChI is InChI=1S/C9H10N2O4/c1-10-7-4-6(5-9(12)13)2-3-8(7)11(14)15/h2-4,10H,5H2,1H3,(H,12,13). The smallest absolute Gasteiger partial charge is 0.307 e. The third-order valence-corrected chi connectivity index (χ3v) is 1.88. The summed E-state index contributed by atoms with van der Waals surface area (Å²) in [5.41, 5.74) is 0.780. The summed E-state index contributed by atoms with van der Waals surface area (Å²) in [6.45, 7) is 0. The van der Waals surface area contributed by atoms with Crippen molar-refractivity contribution in [3.63, 3.8) is 0 Å². The molecule has 0 saturated heterocycles. The van der Waals surface area contributed by atoms with Crippen LogP contribution in [0.4, 0.5) is 11.4 Å². The maximum absolute atomic E-state index is 10.6. The number of benzene rings is 1. The molecule has 0 amide bonds. The number of hydrogen-bond acceptors (Lipinski definition) is 4. The van der Waals surface area contributed by atoms with Crippen molar-refractivity contribution in [1.29, 1.82) is 0 Å². The second-order valence-electron chi connectivity index (χ2n) is 2.93. The van der Waals surface area contributed by atoms with E-state index in [1.54, 1.807) is 7.05 Å². The fraction of sp³-hybridized carbons (Fsp3) is 0.222. The van der Waals surface area contributed by atoms with Crippen LogP contribution < -0.4 is 5.32 Å². The molecule has 80 valence electrons. The Bertz CT molecular complexity index is 403. The largest absolute Gasteiger partial charge is 0.481 e. The van der Waals surface area contributed by atoms with Gasteiger partial charge in [0.15, 0.2) is 0 Å². The van der Waals surface area contributed by atoms with Gasteiger partial charge in [-0.2, -0.15) is 0 Å². The predicted molar refractivity (Wildman–Crippen MR) is 54.0 cm³/mol. The van der Waals surface area contributed by atoms with Crippen LogP contribution in [-0.2, 0) is 11.2 Å². The van der Waals surface area contributed by atoms with Crippen LogP contribution in [0.15, 0.2) is 18.2 Å². The van der Waals surface area contributed by atoms with Crippen molar-refractivity contribution in [3.8, 4) is 0 Å². The first-order chi connectivity index (χ1) is 7.04. The van der Waals surface area contributed by atoms with Gasteiger partial charge in [-0.25, -0.2) is 0 Å². The summed E-state index contributed by atoms with van der Waals surface area (Å²) in [6.07, 6.45) is -0.146. The topological polar surface area (TPSA) is 92.5 Å². The molecule has 0 heterocycles. The summed E-state index contributed by atoms with van der Waals surface area (Å²) in [4.78, 5) is 20.5. The predicted octanol–water partition coefficient (Wildman–Crippen LogP) is 1.26. The quantitative estimate of drug-likeness (QED) is 0.576. The van der Waals surface area contributed by atoms with Gasteiger partial charge in [0.25, 0.3) is 5.69 Å². The first-order valence-electron chi connectivity index (χ1n) is 4.21. The number of carboxylic acids is 1. The summed E-state index contributed by atoms with van der Waals surface area (Å²) in [5, 5.41) is 21.8. The zero-order valence-electron chi connectivity index (χ0n) is 8.06. The van der Waals surface area contributed by atoms with Crippen molar-refractivity contribution < 1.29 is 14.8 Å². The number of carboxylic acid groups (broad SMARTS) is 1. The number of anilines is 1. The van der Waals surface area contributed by atoms with Crippen LogP contribution >= 0.6 is 0 Å². The van der Waals surface area contributed by atoms with E-state index in [9.17, 15) is 14.9 Å². The van der Waals surface area contributed by atoms with Gasteiger partial charge in [0.2, 0.25) is 0 Å². The van der Waals surface area contributed by atoms with Gasteiger partial charge in [-0.05, 0) is 11.6 Å². The highest BCUT2D eigenvalue weighted by atomic mass is 16.6. The highest BCUT2D eigenvalue weighted by Crippen LogP contribution is 2.24. The lowest BCUT2D eigenvalue weighted by molar-refractivity contribution is -0.384. The third-order valence-electron chi connectivity index (χ3n) is 1.88. The summed E-state index contributed by atoms with van der Waals surface area (Å²) in [5.74, 6) is -0.967. The number of carbonyl (C=O) groups is 1. The zero-order valence-corrected chi connectivity index (χ0v) is 8.06. The number of aliphatic carboxylic acids is 1. The zero-order chi connectivity index (χ0) is 11.4. The van der Waals surface area contributed by atoms with Gasteiger partial charge in [0.05, 0.1) is 11.3 Å². The molecule has 0 aliphatic heterocycles. The Kier molecular flexibility index (Phi) is 3.22. The monoisotopic (exact) mass is 210 g/mol. The second-order valence-corrected chi connectivity index (χ2v) is 2.93. The van der Waals surface area contributed by atoms with E-state index >= 15 is 0 Å². The molecule has 0 unspecified atom stereocenters. The number of nitrogens with one attached hydrogen (secondary N) is 1. The van der Waals surface area contributed by atoms with Crippen molar-refractivity contribution in [1.82, 2.24) is 0 Å². The van der Waals surface area contributed by atoms with Gasteiger partial charge >= 0.3 is 5.97 Å². The molecule has 6 nitrogen and oxygen atoms in total. The molecular formula is C9H10N2O4. The first kappa shape index (κ1) is 11.0. The lowest BCUT2D eigenvalue weighted by Crippen LogP contribution is -2.02. The van der Waals surface area contributed by atoms with Crippen LogP contribution in [-0.4, -0.2) is 23.0 Å². The molecule has 1 aromatic carbocycles. The average Bonchev–Trinajstić information content (AvgIpc) is 2.16. The van der Waals surface area contributed by atoms with E-state index in [1.165, 1.54) is 18.2 Å². The average molecular weight is 210 g/mol. The molecule has 0 aliphatic rings. The van der Waals surface area contributed by atoms with Gasteiger partial charge < -0.3 is 10.4 Å². The fourth-order valence-corrected chi connectivity index (χ4v) is 1.23. The van der Waals surface area contributed by atoms with E-state index in [4.69, 9.17) is 5.11 Å². The minimum Gasteiger partial charge on any atom is -0.481 e. The normalized spacial score (nSPS) is 9.67. The Morgan fingerprint density at radius 3 is 2.73 bits per heavy atom. The molecular weight excluding hydrogens is 200 g/mol. The molecule has 1 aromatic rings. The van der Waals surface area contributed by atoms with E-state index in [2.05, 4.69) is 5.32 Å². The molecule has 0 bridgehead atoms. The van der Waals surface area contributed by atoms with Gasteiger partial charge in [0, 0.05) is 13.1 Å². The molecule has 0 atom stereocenters. The molecule has 0 aliphatic carbocycles. The molecule has 1 rings (SSSR count). The van der Waals surface area contributed by atoms with Gasteiger partial charge in [-0.15, -0.1) is 0 Å². The highest BCUT2D eigenvalue weighted by Gasteiger charge is 2.13. The van der Waals surface area contributed by atoms with Gasteiger partial charge in [-0.3, -0.25) is 14.9 Å². The van der Waals surface area contributed by atoms with Gasteiger partial charge in [0.1, 0.15) is 5.69 Å². The molecule has 0 saturated carbocycles. The minimum absolute atomic E-state index is 0.0633. The number of rotatable bonds is 4. The molecule has 0 aromatic heterocycles. The molecule has 0 fully saturated rings. The maximum Gasteiger partial charge on any atom is 0.307 e. The van der Waals surface area contributed by atoms with Crippen molar-refractivity contribution >= 4 is 17.3 Å². The lowest BCUT2D eigenvalue weighted by Gasteiger charge is -2.03.